The number of hydrogen-bond donors (Lipinski definition) is 2. The third kappa shape index (κ3) is 1.18. The van der Waals surface area contributed by atoms with Crippen molar-refractivity contribution in [2.24, 2.45) is 12.8 Å². The van der Waals surface area contributed by atoms with Crippen LogP contribution in [0.1, 0.15) is 29.8 Å². The average molecular weight is 195 g/mol. The summed E-state index contributed by atoms with van der Waals surface area (Å²) in [5, 5.41) is 14.8. The van der Waals surface area contributed by atoms with E-state index >= 15 is 0 Å². The molecule has 1 aromatic rings. The Labute approximate surface area is 83.7 Å². The lowest BCUT2D eigenvalue weighted by Gasteiger charge is -2.23. The van der Waals surface area contributed by atoms with Crippen LogP contribution >= 0.6 is 0 Å². The van der Waals surface area contributed by atoms with Crippen molar-refractivity contribution in [2.45, 2.75) is 31.8 Å². The molecule has 0 saturated carbocycles. The fourth-order valence-electron chi connectivity index (χ4n) is 2.40. The minimum Gasteiger partial charge on any atom is -0.385 e. The zero-order chi connectivity index (χ0) is 10.3. The number of nitrogens with two attached hydrogens (primary N) is 1. The first kappa shape index (κ1) is 9.68. The molecule has 0 spiro atoms. The molecule has 0 radical (unpaired) electrons. The number of aliphatic hydroxyl groups is 1. The predicted molar refractivity (Wildman–Crippen MR) is 53.8 cm³/mol. The Bertz CT molecular complexity index is 358. The van der Waals surface area contributed by atoms with Crippen molar-refractivity contribution < 1.29 is 5.11 Å². The summed E-state index contributed by atoms with van der Waals surface area (Å²) < 4.78 is 1.84. The molecule has 3 N–H and O–H groups in total. The maximum Gasteiger partial charge on any atom is 0.0948 e. The molecule has 0 amide bonds. The smallest absolute Gasteiger partial charge is 0.0948 e. The summed E-state index contributed by atoms with van der Waals surface area (Å²) in [6.07, 6.45) is 2.27. The molecule has 1 atom stereocenters. The van der Waals surface area contributed by atoms with Crippen LogP contribution in [0.25, 0.3) is 0 Å². The van der Waals surface area contributed by atoms with Crippen molar-refractivity contribution in [1.29, 1.82) is 0 Å². The molecule has 1 unspecified atom stereocenters. The number of rotatable bonds is 2. The Hall–Kier alpha value is -0.870. The molecule has 78 valence electrons. The van der Waals surface area contributed by atoms with Gasteiger partial charge in [0.05, 0.1) is 11.3 Å². The molecule has 14 heavy (non-hydrogen) atoms. The van der Waals surface area contributed by atoms with Crippen LogP contribution in [-0.2, 0) is 19.1 Å². The van der Waals surface area contributed by atoms with Crippen molar-refractivity contribution in [1.82, 2.24) is 9.78 Å². The first-order valence-electron chi connectivity index (χ1n) is 5.04. The van der Waals surface area contributed by atoms with Crippen LogP contribution in [0.2, 0.25) is 0 Å². The Morgan fingerprint density at radius 1 is 1.64 bits per heavy atom. The first-order valence-corrected chi connectivity index (χ1v) is 5.04. The zero-order valence-corrected chi connectivity index (χ0v) is 8.75. The molecular weight excluding hydrogens is 178 g/mol. The number of fused-ring (bicyclic) bond motifs is 1. The van der Waals surface area contributed by atoms with E-state index in [1.54, 1.807) is 0 Å². The Kier molecular flexibility index (Phi) is 2.12. The highest BCUT2D eigenvalue weighted by Crippen LogP contribution is 2.40. The lowest BCUT2D eigenvalue weighted by Crippen LogP contribution is -2.26. The molecule has 1 aliphatic rings. The van der Waals surface area contributed by atoms with Gasteiger partial charge in [0.1, 0.15) is 0 Å². The van der Waals surface area contributed by atoms with E-state index in [0.29, 0.717) is 13.0 Å². The van der Waals surface area contributed by atoms with Crippen LogP contribution in [0.3, 0.4) is 0 Å². The minimum absolute atomic E-state index is 0.518. The molecule has 1 aromatic heterocycles. The molecule has 0 aliphatic heterocycles. The van der Waals surface area contributed by atoms with E-state index < -0.39 is 5.60 Å². The maximum atomic E-state index is 10.4. The zero-order valence-electron chi connectivity index (χ0n) is 8.75. The highest BCUT2D eigenvalue weighted by Gasteiger charge is 2.39. The fraction of sp³-hybridized carbons (Fsp3) is 0.700. The van der Waals surface area contributed by atoms with Gasteiger partial charge in [-0.25, -0.2) is 0 Å². The topological polar surface area (TPSA) is 64.1 Å². The molecule has 0 aromatic carbocycles. The summed E-state index contributed by atoms with van der Waals surface area (Å²) in [6.45, 7) is 2.52. The molecule has 4 heteroatoms. The van der Waals surface area contributed by atoms with Crippen LogP contribution in [0, 0.1) is 6.92 Å². The van der Waals surface area contributed by atoms with Gasteiger partial charge in [-0.15, -0.1) is 0 Å². The van der Waals surface area contributed by atoms with Gasteiger partial charge in [0.2, 0.25) is 0 Å². The highest BCUT2D eigenvalue weighted by atomic mass is 16.3. The third-order valence-electron chi connectivity index (χ3n) is 3.21. The van der Waals surface area contributed by atoms with Gasteiger partial charge in [0.25, 0.3) is 0 Å². The SMILES string of the molecule is Cc1c2c(nn1C)CCC2(O)CCN. The summed E-state index contributed by atoms with van der Waals surface area (Å²) in [6, 6.07) is 0. The van der Waals surface area contributed by atoms with E-state index in [2.05, 4.69) is 5.10 Å². The van der Waals surface area contributed by atoms with Crippen molar-refractivity contribution in [3.8, 4) is 0 Å². The number of aromatic nitrogens is 2. The van der Waals surface area contributed by atoms with Crippen LogP contribution in [0.5, 0.6) is 0 Å². The number of hydrogen-bond acceptors (Lipinski definition) is 3. The van der Waals surface area contributed by atoms with Gasteiger partial charge in [-0.05, 0) is 32.7 Å². The molecular formula is C10H17N3O. The van der Waals surface area contributed by atoms with E-state index in [0.717, 1.165) is 29.8 Å². The molecule has 1 aliphatic carbocycles. The van der Waals surface area contributed by atoms with Crippen molar-refractivity contribution in [3.05, 3.63) is 17.0 Å². The molecule has 0 bridgehead atoms. The second-order valence-corrected chi connectivity index (χ2v) is 4.10. The van der Waals surface area contributed by atoms with Gasteiger partial charge in [-0.2, -0.15) is 5.10 Å². The average Bonchev–Trinajstić information content (AvgIpc) is 2.56. The quantitative estimate of drug-likeness (QED) is 0.709. The van der Waals surface area contributed by atoms with Gasteiger partial charge in [-0.3, -0.25) is 4.68 Å². The third-order valence-corrected chi connectivity index (χ3v) is 3.21. The van der Waals surface area contributed by atoms with Gasteiger partial charge in [0, 0.05) is 18.3 Å². The van der Waals surface area contributed by atoms with E-state index in [9.17, 15) is 5.11 Å². The fourth-order valence-corrected chi connectivity index (χ4v) is 2.40. The maximum absolute atomic E-state index is 10.4. The summed E-state index contributed by atoms with van der Waals surface area (Å²) >= 11 is 0. The van der Waals surface area contributed by atoms with E-state index in [1.165, 1.54) is 0 Å². The minimum atomic E-state index is -0.720. The van der Waals surface area contributed by atoms with Gasteiger partial charge >= 0.3 is 0 Å². The van der Waals surface area contributed by atoms with Crippen LogP contribution in [-0.4, -0.2) is 21.4 Å². The number of aryl methyl sites for hydroxylation is 2. The predicted octanol–water partition coefficient (Wildman–Crippen LogP) is 0.211. The summed E-state index contributed by atoms with van der Waals surface area (Å²) in [5.41, 5.74) is 7.93. The standard InChI is InChI=1S/C10H17N3O/c1-7-9-8(12-13(7)2)3-4-10(9,14)5-6-11/h14H,3-6,11H2,1-2H3. The second kappa shape index (κ2) is 3.07. The lowest BCUT2D eigenvalue weighted by atomic mass is 9.92. The largest absolute Gasteiger partial charge is 0.385 e. The monoisotopic (exact) mass is 195 g/mol. The number of nitrogens with zero attached hydrogens (tertiary/aromatic N) is 2. The van der Waals surface area contributed by atoms with E-state index in [4.69, 9.17) is 5.73 Å². The lowest BCUT2D eigenvalue weighted by molar-refractivity contribution is 0.0310. The Balaban J connectivity index is 2.46. The summed E-state index contributed by atoms with van der Waals surface area (Å²) in [5.74, 6) is 0. The van der Waals surface area contributed by atoms with Gasteiger partial charge in [0.15, 0.2) is 0 Å². The molecule has 2 rings (SSSR count). The highest BCUT2D eigenvalue weighted by molar-refractivity contribution is 5.36. The molecule has 0 saturated heterocycles. The van der Waals surface area contributed by atoms with Crippen LogP contribution in [0.15, 0.2) is 0 Å². The van der Waals surface area contributed by atoms with Gasteiger partial charge < -0.3 is 10.8 Å². The van der Waals surface area contributed by atoms with E-state index in [1.807, 2.05) is 18.7 Å². The summed E-state index contributed by atoms with van der Waals surface area (Å²) in [7, 11) is 1.91. The summed E-state index contributed by atoms with van der Waals surface area (Å²) in [4.78, 5) is 0. The molecule has 0 fully saturated rings. The normalized spacial score (nSPS) is 25.4. The molecule has 4 nitrogen and oxygen atoms in total. The van der Waals surface area contributed by atoms with Crippen molar-refractivity contribution in [2.75, 3.05) is 6.54 Å². The molecule has 1 heterocycles. The van der Waals surface area contributed by atoms with Crippen molar-refractivity contribution >= 4 is 0 Å². The van der Waals surface area contributed by atoms with E-state index in [-0.39, 0.29) is 0 Å². The Morgan fingerprint density at radius 2 is 2.36 bits per heavy atom. The van der Waals surface area contributed by atoms with Gasteiger partial charge in [-0.1, -0.05) is 0 Å². The first-order chi connectivity index (χ1) is 6.58. The van der Waals surface area contributed by atoms with Crippen LogP contribution in [0.4, 0.5) is 0 Å². The van der Waals surface area contributed by atoms with Crippen molar-refractivity contribution in [3.63, 3.8) is 0 Å². The van der Waals surface area contributed by atoms with Crippen LogP contribution < -0.4 is 5.73 Å². The second-order valence-electron chi connectivity index (χ2n) is 4.10. The Morgan fingerprint density at radius 3 is 3.00 bits per heavy atom.